The largest absolute Gasteiger partial charge is 0.382 e. The van der Waals surface area contributed by atoms with Crippen LogP contribution in [-0.4, -0.2) is 27.5 Å². The monoisotopic (exact) mass is 452 g/mol. The predicted molar refractivity (Wildman–Crippen MR) is 115 cm³/mol. The van der Waals surface area contributed by atoms with Crippen LogP contribution in [0.4, 0.5) is 0 Å². The molecule has 29 heavy (non-hydrogen) atoms. The highest BCUT2D eigenvalue weighted by Crippen LogP contribution is 2.21. The minimum absolute atomic E-state index is 0.176. The van der Waals surface area contributed by atoms with Gasteiger partial charge in [-0.1, -0.05) is 51.4 Å². The molecule has 0 saturated carbocycles. The maximum Gasteiger partial charge on any atom is 0.264 e. The van der Waals surface area contributed by atoms with Crippen LogP contribution in [0, 0.1) is 13.8 Å². The van der Waals surface area contributed by atoms with Crippen LogP contribution in [0.2, 0.25) is 0 Å². The number of nitrogens with zero attached hydrogens (tertiary/aromatic N) is 3. The Labute approximate surface area is 177 Å². The fourth-order valence-electron chi connectivity index (χ4n) is 3.40. The third kappa shape index (κ3) is 4.10. The lowest BCUT2D eigenvalue weighted by Crippen LogP contribution is -2.34. The summed E-state index contributed by atoms with van der Waals surface area (Å²) in [5.74, 6) is -0.176. The average molecular weight is 453 g/mol. The normalized spacial score (nSPS) is 15.7. The summed E-state index contributed by atoms with van der Waals surface area (Å²) in [6, 6.07) is 17.8. The molecule has 0 radical (unpaired) electrons. The topological polar surface area (TPSA) is 68.5 Å². The van der Waals surface area contributed by atoms with E-state index >= 15 is 0 Å². The van der Waals surface area contributed by atoms with Gasteiger partial charge >= 0.3 is 0 Å². The van der Waals surface area contributed by atoms with Crippen LogP contribution < -0.4 is 5.32 Å². The van der Waals surface area contributed by atoms with Crippen molar-refractivity contribution in [3.63, 3.8) is 0 Å². The third-order valence-electron chi connectivity index (χ3n) is 5.00. The molecule has 2 heterocycles. The van der Waals surface area contributed by atoms with Gasteiger partial charge in [0.25, 0.3) is 5.91 Å². The number of hydrogen-bond acceptors (Lipinski definition) is 4. The molecule has 7 heteroatoms. The fraction of sp³-hybridized carbons (Fsp3) is 0.227. The van der Waals surface area contributed by atoms with E-state index in [4.69, 9.17) is 4.84 Å². The van der Waals surface area contributed by atoms with Crippen molar-refractivity contribution >= 4 is 27.5 Å². The summed E-state index contributed by atoms with van der Waals surface area (Å²) < 4.78 is 2.86. The van der Waals surface area contributed by atoms with E-state index in [1.54, 1.807) is 0 Å². The Kier molecular flexibility index (Phi) is 5.49. The number of carbonyl (C=O) groups excluding carboxylic acids is 1. The number of halogens is 1. The van der Waals surface area contributed by atoms with Gasteiger partial charge in [-0.3, -0.25) is 4.79 Å². The lowest BCUT2D eigenvalue weighted by Gasteiger charge is -2.10. The molecular weight excluding hydrogens is 432 g/mol. The van der Waals surface area contributed by atoms with Gasteiger partial charge < -0.3 is 10.2 Å². The van der Waals surface area contributed by atoms with Gasteiger partial charge in [0, 0.05) is 34.3 Å². The van der Waals surface area contributed by atoms with Crippen molar-refractivity contribution in [2.24, 2.45) is 5.16 Å². The van der Waals surface area contributed by atoms with E-state index in [0.29, 0.717) is 13.0 Å². The van der Waals surface area contributed by atoms with Gasteiger partial charge in [-0.2, -0.15) is 5.10 Å². The summed E-state index contributed by atoms with van der Waals surface area (Å²) in [4.78, 5) is 18.0. The van der Waals surface area contributed by atoms with Gasteiger partial charge in [-0.05, 0) is 38.1 Å². The van der Waals surface area contributed by atoms with Crippen LogP contribution in [0.25, 0.3) is 5.69 Å². The van der Waals surface area contributed by atoms with Crippen molar-refractivity contribution in [2.75, 3.05) is 0 Å². The number of oxime groups is 1. The number of amides is 1. The molecule has 6 nitrogen and oxygen atoms in total. The van der Waals surface area contributed by atoms with Crippen LogP contribution >= 0.6 is 15.9 Å². The Balaban J connectivity index is 1.40. The molecule has 0 aliphatic carbocycles. The molecule has 1 aliphatic rings. The van der Waals surface area contributed by atoms with E-state index in [-0.39, 0.29) is 5.91 Å². The molecule has 3 aromatic rings. The van der Waals surface area contributed by atoms with Crippen molar-refractivity contribution in [1.29, 1.82) is 0 Å². The second-order valence-electron chi connectivity index (χ2n) is 6.96. The second-order valence-corrected chi connectivity index (χ2v) is 7.88. The maximum atomic E-state index is 12.6. The molecular formula is C22H21BrN4O2. The summed E-state index contributed by atoms with van der Waals surface area (Å²) in [5, 5.41) is 11.7. The van der Waals surface area contributed by atoms with Gasteiger partial charge in [0.05, 0.1) is 17.1 Å². The maximum absolute atomic E-state index is 12.6. The summed E-state index contributed by atoms with van der Waals surface area (Å²) >= 11 is 3.45. The first-order chi connectivity index (χ1) is 14.0. The molecule has 1 N–H and O–H groups in total. The zero-order chi connectivity index (χ0) is 20.4. The number of nitrogens with one attached hydrogen (secondary N) is 1. The molecule has 4 rings (SSSR count). The minimum Gasteiger partial charge on any atom is -0.382 e. The first kappa shape index (κ1) is 19.4. The van der Waals surface area contributed by atoms with E-state index in [1.807, 2.05) is 73.1 Å². The van der Waals surface area contributed by atoms with Crippen molar-refractivity contribution in [3.8, 4) is 5.69 Å². The molecule has 0 bridgehead atoms. The molecule has 148 valence electrons. The third-order valence-corrected chi connectivity index (χ3v) is 5.49. The van der Waals surface area contributed by atoms with Gasteiger partial charge in [0.2, 0.25) is 6.10 Å². The fourth-order valence-corrected chi connectivity index (χ4v) is 3.80. The Bertz CT molecular complexity index is 1080. The van der Waals surface area contributed by atoms with Gasteiger partial charge in [0.1, 0.15) is 0 Å². The van der Waals surface area contributed by atoms with E-state index in [1.165, 1.54) is 0 Å². The quantitative estimate of drug-likeness (QED) is 0.634. The predicted octanol–water partition coefficient (Wildman–Crippen LogP) is 4.06. The van der Waals surface area contributed by atoms with Crippen LogP contribution in [0.5, 0.6) is 0 Å². The van der Waals surface area contributed by atoms with Crippen LogP contribution in [-0.2, 0) is 16.2 Å². The van der Waals surface area contributed by atoms with Crippen LogP contribution in [0.15, 0.2) is 64.2 Å². The molecule has 1 aliphatic heterocycles. The Morgan fingerprint density at radius 3 is 2.76 bits per heavy atom. The highest BCUT2D eigenvalue weighted by atomic mass is 79.9. The molecule has 0 spiro atoms. The number of para-hydroxylation sites is 1. The molecule has 1 unspecified atom stereocenters. The highest BCUT2D eigenvalue weighted by molar-refractivity contribution is 9.10. The molecule has 1 amide bonds. The molecule has 0 saturated heterocycles. The standard InChI is InChI=1S/C22H21BrN4O2/c1-14-19(15(2)27(25-14)18-9-4-3-5-10-18)13-24-22(28)21-12-20(26-29-21)16-7-6-8-17(23)11-16/h3-11,21H,12-13H2,1-2H3,(H,24,28). The van der Waals surface area contributed by atoms with Crippen molar-refractivity contribution in [1.82, 2.24) is 15.1 Å². The summed E-state index contributed by atoms with van der Waals surface area (Å²) in [7, 11) is 0. The Morgan fingerprint density at radius 2 is 2.00 bits per heavy atom. The smallest absolute Gasteiger partial charge is 0.264 e. The van der Waals surface area contributed by atoms with Gasteiger partial charge in [-0.15, -0.1) is 0 Å². The number of rotatable bonds is 5. The van der Waals surface area contributed by atoms with Gasteiger partial charge in [0.15, 0.2) is 0 Å². The number of carbonyl (C=O) groups is 1. The van der Waals surface area contributed by atoms with E-state index < -0.39 is 6.10 Å². The van der Waals surface area contributed by atoms with E-state index in [9.17, 15) is 4.79 Å². The lowest BCUT2D eigenvalue weighted by molar-refractivity contribution is -0.131. The number of benzene rings is 2. The minimum atomic E-state index is -0.617. The summed E-state index contributed by atoms with van der Waals surface area (Å²) in [6.07, 6.45) is -0.169. The summed E-state index contributed by atoms with van der Waals surface area (Å²) in [6.45, 7) is 4.36. The molecule has 0 fully saturated rings. The zero-order valence-corrected chi connectivity index (χ0v) is 17.8. The van der Waals surface area contributed by atoms with Crippen LogP contribution in [0.1, 0.15) is 28.9 Å². The van der Waals surface area contributed by atoms with Crippen molar-refractivity contribution in [2.45, 2.75) is 32.9 Å². The molecule has 1 atom stereocenters. The number of aromatic nitrogens is 2. The Hall–Kier alpha value is -2.93. The first-order valence-electron chi connectivity index (χ1n) is 9.40. The lowest BCUT2D eigenvalue weighted by atomic mass is 10.0. The highest BCUT2D eigenvalue weighted by Gasteiger charge is 2.29. The SMILES string of the molecule is Cc1nn(-c2ccccc2)c(C)c1CNC(=O)C1CC(c2cccc(Br)c2)=NO1. The summed E-state index contributed by atoms with van der Waals surface area (Å²) in [5.41, 5.74) is 5.63. The first-order valence-corrected chi connectivity index (χ1v) is 10.2. The molecule has 2 aromatic carbocycles. The zero-order valence-electron chi connectivity index (χ0n) is 16.2. The van der Waals surface area contributed by atoms with E-state index in [2.05, 4.69) is 31.5 Å². The van der Waals surface area contributed by atoms with E-state index in [0.717, 1.165) is 38.4 Å². The number of aryl methyl sites for hydroxylation is 1. The second kappa shape index (κ2) is 8.21. The van der Waals surface area contributed by atoms with Crippen molar-refractivity contribution < 1.29 is 9.63 Å². The van der Waals surface area contributed by atoms with Crippen molar-refractivity contribution in [3.05, 3.63) is 81.6 Å². The average Bonchev–Trinajstić information content (AvgIpc) is 3.32. The Morgan fingerprint density at radius 1 is 1.21 bits per heavy atom. The number of hydrogen-bond donors (Lipinski definition) is 1. The molecule has 1 aromatic heterocycles. The van der Waals surface area contributed by atoms with Crippen LogP contribution in [0.3, 0.4) is 0 Å². The van der Waals surface area contributed by atoms with Gasteiger partial charge in [-0.25, -0.2) is 4.68 Å².